The Bertz CT molecular complexity index is 1430. The summed E-state index contributed by atoms with van der Waals surface area (Å²) in [4.78, 5) is 30.6. The van der Waals surface area contributed by atoms with Gasteiger partial charge in [0, 0.05) is 31.2 Å². The lowest BCUT2D eigenvalue weighted by Crippen LogP contribution is -2.49. The molecule has 0 N–H and O–H groups in total. The highest BCUT2D eigenvalue weighted by molar-refractivity contribution is 7.07. The van der Waals surface area contributed by atoms with Gasteiger partial charge in [-0.05, 0) is 54.6 Å². The van der Waals surface area contributed by atoms with Gasteiger partial charge in [0.2, 0.25) is 0 Å². The minimum Gasteiger partial charge on any atom is -0.335 e. The van der Waals surface area contributed by atoms with Gasteiger partial charge in [0.05, 0.1) is 10.2 Å². The van der Waals surface area contributed by atoms with Crippen molar-refractivity contribution in [1.82, 2.24) is 14.4 Å². The van der Waals surface area contributed by atoms with Gasteiger partial charge in [-0.3, -0.25) is 14.2 Å². The first-order chi connectivity index (χ1) is 16.4. The summed E-state index contributed by atoms with van der Waals surface area (Å²) >= 11 is 7.14. The number of hydrogen-bond donors (Lipinski definition) is 0. The number of aromatic nitrogens is 1. The van der Waals surface area contributed by atoms with Gasteiger partial charge in [0.15, 0.2) is 5.57 Å². The first kappa shape index (κ1) is 23.9. The Morgan fingerprint density at radius 3 is 2.50 bits per heavy atom. The quantitative estimate of drug-likeness (QED) is 0.556. The fourth-order valence-electron chi connectivity index (χ4n) is 3.83. The van der Waals surface area contributed by atoms with E-state index in [1.54, 1.807) is 35.2 Å². The van der Waals surface area contributed by atoms with Crippen LogP contribution in [0.4, 0.5) is 4.39 Å². The van der Waals surface area contributed by atoms with Crippen molar-refractivity contribution in [2.75, 3.05) is 32.7 Å². The Morgan fingerprint density at radius 1 is 1.18 bits per heavy atom. The molecule has 0 radical (unpaired) electrons. The van der Waals surface area contributed by atoms with Crippen LogP contribution in [0.3, 0.4) is 0 Å². The summed E-state index contributed by atoms with van der Waals surface area (Å²) in [6, 6.07) is 14.4. The number of nitriles is 1. The van der Waals surface area contributed by atoms with E-state index in [1.807, 2.05) is 6.07 Å². The molecular formula is C25H22ClFN4O2S. The maximum absolute atomic E-state index is 13.6. The maximum Gasteiger partial charge on any atom is 0.273 e. The Morgan fingerprint density at radius 2 is 1.88 bits per heavy atom. The zero-order chi connectivity index (χ0) is 24.2. The molecule has 6 nitrogen and oxygen atoms in total. The molecule has 1 fully saturated rings. The number of thiazole rings is 1. The van der Waals surface area contributed by atoms with Crippen molar-refractivity contribution in [1.29, 1.82) is 5.26 Å². The minimum absolute atomic E-state index is 0.109. The van der Waals surface area contributed by atoms with E-state index in [0.717, 1.165) is 31.0 Å². The number of rotatable bonds is 4. The van der Waals surface area contributed by atoms with Crippen LogP contribution in [0, 0.1) is 17.1 Å². The predicted molar refractivity (Wildman–Crippen MR) is 132 cm³/mol. The Labute approximate surface area is 205 Å². The summed E-state index contributed by atoms with van der Waals surface area (Å²) in [7, 11) is 0. The second-order valence-electron chi connectivity index (χ2n) is 7.80. The molecule has 0 unspecified atom stereocenters. The number of halogens is 2. The Kier molecular flexibility index (Phi) is 7.27. The van der Waals surface area contributed by atoms with Gasteiger partial charge in [-0.25, -0.2) is 4.39 Å². The first-order valence-electron chi connectivity index (χ1n) is 10.8. The van der Waals surface area contributed by atoms with Crippen LogP contribution in [0.25, 0.3) is 17.3 Å². The fourth-order valence-corrected chi connectivity index (χ4v) is 5.13. The van der Waals surface area contributed by atoms with Crippen LogP contribution in [0.5, 0.6) is 0 Å². The SMILES string of the molecule is CCN1CCN(C(=O)/C(C#N)=c2/s/c(=C\c3cccc(Cl)c3)c(=O)n2-c2ccc(F)cc2)CC1. The number of amides is 1. The molecule has 0 aliphatic carbocycles. The molecule has 174 valence electrons. The highest BCUT2D eigenvalue weighted by Crippen LogP contribution is 2.12. The van der Waals surface area contributed by atoms with Gasteiger partial charge < -0.3 is 9.80 Å². The molecule has 1 saturated heterocycles. The fraction of sp³-hybridized carbons (Fsp3) is 0.240. The number of hydrogen-bond acceptors (Lipinski definition) is 5. The minimum atomic E-state index is -0.450. The van der Waals surface area contributed by atoms with Crippen molar-refractivity contribution in [2.24, 2.45) is 0 Å². The molecule has 4 rings (SSSR count). The van der Waals surface area contributed by atoms with Gasteiger partial charge in [-0.15, -0.1) is 11.3 Å². The molecular weight excluding hydrogens is 475 g/mol. The second kappa shape index (κ2) is 10.3. The third-order valence-corrected chi connectivity index (χ3v) is 7.03. The molecule has 1 aliphatic rings. The van der Waals surface area contributed by atoms with Crippen molar-refractivity contribution < 1.29 is 9.18 Å². The number of carbonyl (C=O) groups is 1. The standard InChI is InChI=1S/C25H22ClFN4O2S/c1-2-29-10-12-30(13-11-29)23(32)21(16-28)25-31(20-8-6-19(27)7-9-20)24(33)22(34-25)15-17-4-3-5-18(26)14-17/h3-9,14-15H,2,10-13H2,1H3/b22-15-,25-21+. The predicted octanol–water partition coefficient (Wildman–Crippen LogP) is 2.36. The van der Waals surface area contributed by atoms with Crippen LogP contribution >= 0.6 is 22.9 Å². The zero-order valence-corrected chi connectivity index (χ0v) is 20.1. The third-order valence-electron chi connectivity index (χ3n) is 5.70. The molecule has 9 heteroatoms. The highest BCUT2D eigenvalue weighted by Gasteiger charge is 2.25. The summed E-state index contributed by atoms with van der Waals surface area (Å²) in [5, 5.41) is 10.5. The van der Waals surface area contributed by atoms with E-state index in [2.05, 4.69) is 11.8 Å². The molecule has 3 aromatic rings. The van der Waals surface area contributed by atoms with Crippen molar-refractivity contribution in [3.8, 4) is 11.8 Å². The lowest BCUT2D eigenvalue weighted by atomic mass is 10.2. The highest BCUT2D eigenvalue weighted by atomic mass is 35.5. The van der Waals surface area contributed by atoms with E-state index in [0.29, 0.717) is 33.9 Å². The van der Waals surface area contributed by atoms with E-state index in [4.69, 9.17) is 11.6 Å². The summed E-state index contributed by atoms with van der Waals surface area (Å²) < 4.78 is 15.4. The molecule has 34 heavy (non-hydrogen) atoms. The van der Waals surface area contributed by atoms with Gasteiger partial charge in [-0.2, -0.15) is 5.26 Å². The van der Waals surface area contributed by atoms with Crippen LogP contribution in [-0.4, -0.2) is 53.0 Å². The number of nitrogens with zero attached hydrogens (tertiary/aromatic N) is 4. The molecule has 0 spiro atoms. The number of likely N-dealkylation sites (N-methyl/N-ethyl adjacent to an activating group) is 1. The second-order valence-corrected chi connectivity index (χ2v) is 9.27. The van der Waals surface area contributed by atoms with Crippen LogP contribution < -0.4 is 14.8 Å². The zero-order valence-electron chi connectivity index (χ0n) is 18.5. The summed E-state index contributed by atoms with van der Waals surface area (Å²) in [5.41, 5.74) is 0.578. The molecule has 0 bridgehead atoms. The lowest BCUT2D eigenvalue weighted by Gasteiger charge is -2.33. The van der Waals surface area contributed by atoms with Gasteiger partial charge in [-0.1, -0.05) is 30.7 Å². The first-order valence-corrected chi connectivity index (χ1v) is 12.0. The van der Waals surface area contributed by atoms with Gasteiger partial charge >= 0.3 is 0 Å². The summed E-state index contributed by atoms with van der Waals surface area (Å²) in [6.07, 6.45) is 1.67. The Balaban J connectivity index is 1.92. The van der Waals surface area contributed by atoms with E-state index >= 15 is 0 Å². The van der Waals surface area contributed by atoms with Crippen molar-refractivity contribution >= 4 is 40.5 Å². The average Bonchev–Trinajstić information content (AvgIpc) is 3.15. The Hall–Kier alpha value is -3.25. The summed E-state index contributed by atoms with van der Waals surface area (Å²) in [5.74, 6) is -0.863. The normalized spacial score (nSPS) is 15.8. The number of piperazine rings is 1. The molecule has 1 aromatic heterocycles. The van der Waals surface area contributed by atoms with Crippen LogP contribution in [-0.2, 0) is 4.79 Å². The molecule has 2 heterocycles. The topological polar surface area (TPSA) is 69.3 Å². The van der Waals surface area contributed by atoms with Crippen molar-refractivity contribution in [3.63, 3.8) is 0 Å². The van der Waals surface area contributed by atoms with Crippen molar-refractivity contribution in [2.45, 2.75) is 6.92 Å². The van der Waals surface area contributed by atoms with E-state index in [-0.39, 0.29) is 10.2 Å². The van der Waals surface area contributed by atoms with Crippen LogP contribution in [0.15, 0.2) is 53.3 Å². The largest absolute Gasteiger partial charge is 0.335 e. The number of carbonyl (C=O) groups excluding carboxylic acids is 1. The van der Waals surface area contributed by atoms with Gasteiger partial charge in [0.25, 0.3) is 11.5 Å². The molecule has 0 saturated carbocycles. The van der Waals surface area contributed by atoms with E-state index in [1.165, 1.54) is 28.8 Å². The smallest absolute Gasteiger partial charge is 0.273 e. The third kappa shape index (κ3) is 4.97. The van der Waals surface area contributed by atoms with Gasteiger partial charge in [0.1, 0.15) is 16.5 Å². The molecule has 1 amide bonds. The molecule has 0 atom stereocenters. The summed E-state index contributed by atoms with van der Waals surface area (Å²) in [6.45, 7) is 5.43. The van der Waals surface area contributed by atoms with Crippen molar-refractivity contribution in [3.05, 3.63) is 84.5 Å². The van der Waals surface area contributed by atoms with Crippen LogP contribution in [0.2, 0.25) is 5.02 Å². The molecule has 2 aromatic carbocycles. The monoisotopic (exact) mass is 496 g/mol. The lowest BCUT2D eigenvalue weighted by molar-refractivity contribution is -0.126. The maximum atomic E-state index is 13.6. The van der Waals surface area contributed by atoms with Crippen LogP contribution in [0.1, 0.15) is 12.5 Å². The van der Waals surface area contributed by atoms with E-state index in [9.17, 15) is 19.2 Å². The number of benzene rings is 2. The average molecular weight is 497 g/mol. The molecule has 1 aliphatic heterocycles. The van der Waals surface area contributed by atoms with E-state index < -0.39 is 17.3 Å².